The highest BCUT2D eigenvalue weighted by Crippen LogP contribution is 2.45. The Morgan fingerprint density at radius 1 is 1.26 bits per heavy atom. The largest absolute Gasteiger partial charge is 0.496 e. The number of rotatable bonds is 2. The smallest absolute Gasteiger partial charge is 0.255 e. The monoisotopic (exact) mass is 607 g/mol. The maximum absolute atomic E-state index is 14.1. The molecular formula is C34H42ClN3O5. The van der Waals surface area contributed by atoms with Crippen molar-refractivity contribution >= 4 is 23.4 Å². The van der Waals surface area contributed by atoms with Gasteiger partial charge in [-0.1, -0.05) is 35.9 Å². The number of carbonyl (C=O) groups excluding carboxylic acids is 2. The summed E-state index contributed by atoms with van der Waals surface area (Å²) in [6, 6.07) is 6.11. The molecule has 7 rings (SSSR count). The molecule has 9 heteroatoms. The average molecular weight is 608 g/mol. The predicted molar refractivity (Wildman–Crippen MR) is 165 cm³/mol. The fraction of sp³-hybridized carbons (Fsp3) is 0.529. The molecule has 1 fully saturated rings. The molecule has 3 N–H and O–H groups in total. The normalized spacial score (nSPS) is 35.0. The Kier molecular flexibility index (Phi) is 8.22. The van der Waals surface area contributed by atoms with Crippen molar-refractivity contribution in [2.45, 2.75) is 55.6 Å². The summed E-state index contributed by atoms with van der Waals surface area (Å²) in [6.07, 6.45) is 16.9. The number of hydrogen-bond donors (Lipinski definition) is 2. The van der Waals surface area contributed by atoms with E-state index in [-0.39, 0.29) is 24.0 Å². The number of carbonyl (C=O) groups is 2. The molecule has 1 saturated carbocycles. The van der Waals surface area contributed by atoms with Gasteiger partial charge in [-0.15, -0.1) is 0 Å². The number of fused-ring (bicyclic) bond motifs is 4. The maximum atomic E-state index is 14.1. The number of nitrogens with zero attached hydrogens (tertiary/aromatic N) is 2. The van der Waals surface area contributed by atoms with E-state index in [4.69, 9.17) is 26.8 Å². The van der Waals surface area contributed by atoms with Crippen LogP contribution in [-0.2, 0) is 30.9 Å². The van der Waals surface area contributed by atoms with Gasteiger partial charge >= 0.3 is 0 Å². The van der Waals surface area contributed by atoms with Gasteiger partial charge in [0, 0.05) is 44.2 Å². The van der Waals surface area contributed by atoms with Gasteiger partial charge in [-0.25, -0.2) is 0 Å². The highest BCUT2D eigenvalue weighted by molar-refractivity contribution is 6.30. The summed E-state index contributed by atoms with van der Waals surface area (Å²) in [5.74, 6) is -1.68. The Morgan fingerprint density at radius 3 is 2.84 bits per heavy atom. The molecule has 43 heavy (non-hydrogen) atoms. The number of aliphatic hydroxyl groups is 1. The molecule has 0 aromatic heterocycles. The lowest BCUT2D eigenvalue weighted by Gasteiger charge is -2.46. The fourth-order valence-electron chi connectivity index (χ4n) is 7.82. The number of ether oxygens (including phenoxy) is 2. The Labute approximate surface area is 258 Å². The van der Waals surface area contributed by atoms with E-state index >= 15 is 0 Å². The Hall–Kier alpha value is -3.07. The molecule has 1 aromatic carbocycles. The first-order valence-corrected chi connectivity index (χ1v) is 15.8. The number of hydrogen-bond acceptors (Lipinski definition) is 6. The van der Waals surface area contributed by atoms with Crippen molar-refractivity contribution in [1.82, 2.24) is 9.80 Å². The molecular weight excluding hydrogens is 566 g/mol. The Bertz CT molecular complexity index is 1400. The van der Waals surface area contributed by atoms with Crippen LogP contribution in [0.5, 0.6) is 0 Å². The van der Waals surface area contributed by atoms with Gasteiger partial charge < -0.3 is 30.1 Å². The van der Waals surface area contributed by atoms with E-state index in [1.54, 1.807) is 37.3 Å². The first kappa shape index (κ1) is 30.0. The van der Waals surface area contributed by atoms with Crippen LogP contribution in [0.4, 0.5) is 0 Å². The van der Waals surface area contributed by atoms with E-state index in [1.165, 1.54) is 11.1 Å². The summed E-state index contributed by atoms with van der Waals surface area (Å²) >= 11 is 6.44. The minimum absolute atomic E-state index is 0.000552. The van der Waals surface area contributed by atoms with Crippen molar-refractivity contribution in [3.05, 3.63) is 82.3 Å². The zero-order chi connectivity index (χ0) is 30.4. The highest BCUT2D eigenvalue weighted by atomic mass is 35.5. The number of nitrogens with two attached hydrogens (primary N) is 1. The minimum Gasteiger partial charge on any atom is -0.496 e. The van der Waals surface area contributed by atoms with Gasteiger partial charge in [-0.05, 0) is 97.5 Å². The zero-order valence-electron chi connectivity index (χ0n) is 25.0. The van der Waals surface area contributed by atoms with Gasteiger partial charge in [-0.3, -0.25) is 9.59 Å². The number of methoxy groups -OCH3 is 1. The molecule has 4 bridgehead atoms. The highest BCUT2D eigenvalue weighted by Gasteiger charge is 2.54. The van der Waals surface area contributed by atoms with Crippen LogP contribution in [0.3, 0.4) is 0 Å². The second-order valence-electron chi connectivity index (χ2n) is 12.9. The van der Waals surface area contributed by atoms with Gasteiger partial charge in [0.1, 0.15) is 11.7 Å². The van der Waals surface area contributed by atoms with E-state index in [9.17, 15) is 14.7 Å². The average Bonchev–Trinajstić information content (AvgIpc) is 3.01. The number of benzene rings is 1. The first-order chi connectivity index (χ1) is 20.7. The van der Waals surface area contributed by atoms with Gasteiger partial charge in [-0.2, -0.15) is 0 Å². The number of halogens is 1. The fourth-order valence-corrected chi connectivity index (χ4v) is 8.01. The van der Waals surface area contributed by atoms with Gasteiger partial charge in [0.25, 0.3) is 5.91 Å². The zero-order valence-corrected chi connectivity index (χ0v) is 25.8. The molecule has 3 heterocycles. The lowest BCUT2D eigenvalue weighted by atomic mass is 9.68. The van der Waals surface area contributed by atoms with Crippen LogP contribution in [0.25, 0.3) is 0 Å². The predicted octanol–water partition coefficient (Wildman–Crippen LogP) is 3.88. The third-order valence-electron chi connectivity index (χ3n) is 10.4. The van der Waals surface area contributed by atoms with Crippen molar-refractivity contribution in [3.63, 3.8) is 0 Å². The van der Waals surface area contributed by atoms with Gasteiger partial charge in [0.15, 0.2) is 5.60 Å². The number of aryl methyl sites for hydroxylation is 1. The molecule has 6 atom stereocenters. The van der Waals surface area contributed by atoms with Crippen LogP contribution >= 0.6 is 11.6 Å². The van der Waals surface area contributed by atoms with Crippen molar-refractivity contribution in [1.29, 1.82) is 0 Å². The quantitative estimate of drug-likeness (QED) is 0.495. The van der Waals surface area contributed by atoms with Crippen LogP contribution < -0.4 is 5.73 Å². The standard InChI is InChI=1S/C34H42ClN3O5/c1-37-16-4-3-7-28(42-2)26-11-8-23(26)19-38-17-14-24-9-13-29(30(31(37)39)34(24,41)32(36)40)43-21-33(20-38)15-5-6-22-18-25(35)10-12-27(22)33/h3,7,9-10,12-14,17-18,23,26,28,30,41H,4-6,8,11,15-16,19-21H2,1-2H3,(H2,36,40)/b7-3-,17-14?/t23-,26+,28-,30?,33-,34-/m0/s1. The molecule has 2 amide bonds. The molecule has 0 radical (unpaired) electrons. The molecule has 6 aliphatic rings. The van der Waals surface area contributed by atoms with E-state index < -0.39 is 28.7 Å². The van der Waals surface area contributed by atoms with Crippen molar-refractivity contribution in [2.24, 2.45) is 23.5 Å². The van der Waals surface area contributed by atoms with E-state index in [2.05, 4.69) is 29.2 Å². The summed E-state index contributed by atoms with van der Waals surface area (Å²) in [6.45, 7) is 2.13. The SMILES string of the molecule is CO[C@H]1/C=C\CCN(C)C(=O)C2C3=CC=C(C=CN(C[C@@H]4CC[C@H]41)C[C@@]1(CCCc4cc(Cl)ccc41)CO3)[C@@]2(O)C(N)=O. The first-order valence-electron chi connectivity index (χ1n) is 15.4. The second-order valence-corrected chi connectivity index (χ2v) is 13.3. The summed E-state index contributed by atoms with van der Waals surface area (Å²) in [4.78, 5) is 31.0. The van der Waals surface area contributed by atoms with Crippen molar-refractivity contribution in [2.75, 3.05) is 40.4 Å². The molecule has 1 aromatic rings. The molecule has 1 spiro atoms. The van der Waals surface area contributed by atoms with Crippen LogP contribution in [0.15, 0.2) is 66.1 Å². The van der Waals surface area contributed by atoms with Crippen LogP contribution in [0, 0.1) is 17.8 Å². The topological polar surface area (TPSA) is 105 Å². The van der Waals surface area contributed by atoms with Crippen LogP contribution in [0.2, 0.25) is 5.02 Å². The summed E-state index contributed by atoms with van der Waals surface area (Å²) in [7, 11) is 3.45. The third-order valence-corrected chi connectivity index (χ3v) is 10.6. The number of allylic oxidation sites excluding steroid dienone is 2. The van der Waals surface area contributed by atoms with Crippen LogP contribution in [0.1, 0.15) is 43.2 Å². The summed E-state index contributed by atoms with van der Waals surface area (Å²) in [5, 5.41) is 12.8. The van der Waals surface area contributed by atoms with Crippen LogP contribution in [-0.4, -0.2) is 78.8 Å². The Balaban J connectivity index is 1.51. The van der Waals surface area contributed by atoms with E-state index in [1.807, 2.05) is 12.3 Å². The summed E-state index contributed by atoms with van der Waals surface area (Å²) < 4.78 is 12.6. The second kappa shape index (κ2) is 11.8. The molecule has 1 unspecified atom stereocenters. The molecule has 3 aliphatic carbocycles. The summed E-state index contributed by atoms with van der Waals surface area (Å²) in [5.41, 5.74) is 5.92. The van der Waals surface area contributed by atoms with Crippen molar-refractivity contribution < 1.29 is 24.2 Å². The molecule has 8 nitrogen and oxygen atoms in total. The number of amides is 2. The maximum Gasteiger partial charge on any atom is 0.255 e. The minimum atomic E-state index is -2.26. The molecule has 230 valence electrons. The van der Waals surface area contributed by atoms with E-state index in [0.29, 0.717) is 36.4 Å². The van der Waals surface area contributed by atoms with E-state index in [0.717, 1.165) is 38.6 Å². The molecule has 3 aliphatic heterocycles. The Morgan fingerprint density at radius 2 is 2.09 bits per heavy atom. The third kappa shape index (κ3) is 5.32. The lowest BCUT2D eigenvalue weighted by molar-refractivity contribution is -0.151. The van der Waals surface area contributed by atoms with Gasteiger partial charge in [0.05, 0.1) is 12.7 Å². The van der Waals surface area contributed by atoms with Gasteiger partial charge in [0.2, 0.25) is 5.91 Å². The molecule has 0 saturated heterocycles. The lowest BCUT2D eigenvalue weighted by Crippen LogP contribution is -2.58. The number of primary amides is 1. The van der Waals surface area contributed by atoms with Crippen molar-refractivity contribution in [3.8, 4) is 0 Å².